The van der Waals surface area contributed by atoms with E-state index in [0.717, 1.165) is 12.8 Å². The first-order valence-electron chi connectivity index (χ1n) is 6.51. The van der Waals surface area contributed by atoms with E-state index in [4.69, 9.17) is 4.74 Å². The summed E-state index contributed by atoms with van der Waals surface area (Å²) in [6.45, 7) is -0.823. The second-order valence-electron chi connectivity index (χ2n) is 4.52. The number of alkyl halides is 2. The van der Waals surface area contributed by atoms with Crippen LogP contribution in [0.5, 0.6) is 11.5 Å². The van der Waals surface area contributed by atoms with Gasteiger partial charge in [-0.25, -0.2) is 0 Å². The Labute approximate surface area is 116 Å². The molecule has 0 aromatic heterocycles. The van der Waals surface area contributed by atoms with Gasteiger partial charge in [0.25, 0.3) is 0 Å². The Morgan fingerprint density at radius 2 is 2.15 bits per heavy atom. The van der Waals surface area contributed by atoms with Crippen LogP contribution in [0.15, 0.2) is 18.2 Å². The minimum Gasteiger partial charge on any atom is -0.490 e. The molecule has 0 spiro atoms. The lowest BCUT2D eigenvalue weighted by Gasteiger charge is -2.15. The first-order chi connectivity index (χ1) is 9.63. The Morgan fingerprint density at radius 3 is 2.70 bits per heavy atom. The molecule has 2 rings (SSSR count). The fourth-order valence-electron chi connectivity index (χ4n) is 1.86. The van der Waals surface area contributed by atoms with Gasteiger partial charge in [-0.1, -0.05) is 6.07 Å². The van der Waals surface area contributed by atoms with Crippen LogP contribution in [0, 0.1) is 11.3 Å². The van der Waals surface area contributed by atoms with Crippen LogP contribution < -0.4 is 14.8 Å². The second kappa shape index (κ2) is 6.53. The summed E-state index contributed by atoms with van der Waals surface area (Å²) in [5.74, 6) is 0.205. The van der Waals surface area contributed by atoms with Crippen molar-refractivity contribution in [2.75, 3.05) is 6.61 Å². The minimum absolute atomic E-state index is 0.0197. The number of hydrogen-bond donors (Lipinski definition) is 1. The van der Waals surface area contributed by atoms with Crippen molar-refractivity contribution >= 4 is 0 Å². The molecular formula is C14H16F2N2O2. The van der Waals surface area contributed by atoms with Crippen molar-refractivity contribution in [3.63, 3.8) is 0 Å². The molecule has 0 aliphatic heterocycles. The summed E-state index contributed by atoms with van der Waals surface area (Å²) in [5.41, 5.74) is 0.685. The zero-order valence-electron chi connectivity index (χ0n) is 11.1. The van der Waals surface area contributed by atoms with E-state index < -0.39 is 12.7 Å². The summed E-state index contributed by atoms with van der Waals surface area (Å²) in [5, 5.41) is 12.4. The molecule has 1 aromatic carbocycles. The van der Waals surface area contributed by atoms with Gasteiger partial charge in [0.1, 0.15) is 6.04 Å². The summed E-state index contributed by atoms with van der Waals surface area (Å²) < 4.78 is 34.3. The van der Waals surface area contributed by atoms with E-state index in [2.05, 4.69) is 16.1 Å². The molecular weight excluding hydrogens is 266 g/mol. The average molecular weight is 282 g/mol. The van der Waals surface area contributed by atoms with Gasteiger partial charge in [0, 0.05) is 6.04 Å². The average Bonchev–Trinajstić information content (AvgIpc) is 3.22. The SMILES string of the molecule is CCOc1cc(C(C#N)NC2CC2)ccc1OC(F)F. The normalized spacial score (nSPS) is 15.8. The van der Waals surface area contributed by atoms with E-state index in [1.165, 1.54) is 6.07 Å². The smallest absolute Gasteiger partial charge is 0.387 e. The van der Waals surface area contributed by atoms with Crippen LogP contribution >= 0.6 is 0 Å². The van der Waals surface area contributed by atoms with Gasteiger partial charge in [0.05, 0.1) is 12.7 Å². The van der Waals surface area contributed by atoms with E-state index >= 15 is 0 Å². The fraction of sp³-hybridized carbons (Fsp3) is 0.500. The molecule has 4 nitrogen and oxygen atoms in total. The molecule has 1 saturated carbocycles. The highest BCUT2D eigenvalue weighted by Gasteiger charge is 2.26. The Morgan fingerprint density at radius 1 is 1.40 bits per heavy atom. The molecule has 0 amide bonds. The Kier molecular flexibility index (Phi) is 4.74. The highest BCUT2D eigenvalue weighted by Crippen LogP contribution is 2.33. The van der Waals surface area contributed by atoms with Crippen molar-refractivity contribution < 1.29 is 18.3 Å². The van der Waals surface area contributed by atoms with Gasteiger partial charge < -0.3 is 9.47 Å². The number of nitrogens with one attached hydrogen (secondary N) is 1. The Bertz CT molecular complexity index is 498. The maximum Gasteiger partial charge on any atom is 0.387 e. The number of ether oxygens (including phenoxy) is 2. The highest BCUT2D eigenvalue weighted by molar-refractivity contribution is 5.45. The standard InChI is InChI=1S/C14H16F2N2O2/c1-2-19-13-7-9(3-6-12(13)20-14(15)16)11(8-17)18-10-4-5-10/h3,6-7,10-11,14,18H,2,4-5H2,1H3. The van der Waals surface area contributed by atoms with E-state index in [1.54, 1.807) is 19.1 Å². The molecule has 1 atom stereocenters. The van der Waals surface area contributed by atoms with Crippen LogP contribution in [0.4, 0.5) is 8.78 Å². The fourth-order valence-corrected chi connectivity index (χ4v) is 1.86. The summed E-state index contributed by atoms with van der Waals surface area (Å²) in [7, 11) is 0. The van der Waals surface area contributed by atoms with Gasteiger partial charge in [-0.05, 0) is 37.5 Å². The molecule has 0 radical (unpaired) electrons. The van der Waals surface area contributed by atoms with Gasteiger partial charge >= 0.3 is 6.61 Å². The van der Waals surface area contributed by atoms with Crippen LogP contribution in [0.2, 0.25) is 0 Å². The molecule has 1 N–H and O–H groups in total. The lowest BCUT2D eigenvalue weighted by atomic mass is 10.1. The van der Waals surface area contributed by atoms with Gasteiger partial charge in [0.2, 0.25) is 0 Å². The number of benzene rings is 1. The van der Waals surface area contributed by atoms with Crippen molar-refractivity contribution in [1.29, 1.82) is 5.26 Å². The number of nitrogens with zero attached hydrogens (tertiary/aromatic N) is 1. The summed E-state index contributed by atoms with van der Waals surface area (Å²) >= 11 is 0. The third kappa shape index (κ3) is 3.81. The van der Waals surface area contributed by atoms with Gasteiger partial charge in [-0.2, -0.15) is 14.0 Å². The van der Waals surface area contributed by atoms with Crippen LogP contribution in [0.1, 0.15) is 31.4 Å². The molecule has 20 heavy (non-hydrogen) atoms. The predicted octanol–water partition coefficient (Wildman–Crippen LogP) is 3.00. The van der Waals surface area contributed by atoms with Crippen LogP contribution in [0.25, 0.3) is 0 Å². The van der Waals surface area contributed by atoms with Crippen molar-refractivity contribution in [3.05, 3.63) is 23.8 Å². The zero-order chi connectivity index (χ0) is 14.5. The molecule has 1 unspecified atom stereocenters. The molecule has 6 heteroatoms. The molecule has 1 fully saturated rings. The topological polar surface area (TPSA) is 54.3 Å². The third-order valence-corrected chi connectivity index (χ3v) is 2.93. The number of rotatable bonds is 7. The van der Waals surface area contributed by atoms with E-state index in [1.807, 2.05) is 0 Å². The summed E-state index contributed by atoms with van der Waals surface area (Å²) in [6, 6.07) is 6.64. The molecule has 0 bridgehead atoms. The number of hydrogen-bond acceptors (Lipinski definition) is 4. The van der Waals surface area contributed by atoms with Crippen molar-refractivity contribution in [2.24, 2.45) is 0 Å². The largest absolute Gasteiger partial charge is 0.490 e. The highest BCUT2D eigenvalue weighted by atomic mass is 19.3. The van der Waals surface area contributed by atoms with E-state index in [-0.39, 0.29) is 11.5 Å². The van der Waals surface area contributed by atoms with Crippen LogP contribution in [-0.4, -0.2) is 19.3 Å². The molecule has 108 valence electrons. The van der Waals surface area contributed by atoms with Gasteiger partial charge in [0.15, 0.2) is 11.5 Å². The molecule has 1 aliphatic carbocycles. The predicted molar refractivity (Wildman–Crippen MR) is 68.8 cm³/mol. The van der Waals surface area contributed by atoms with Crippen LogP contribution in [0.3, 0.4) is 0 Å². The van der Waals surface area contributed by atoms with Gasteiger partial charge in [-0.3, -0.25) is 5.32 Å². The molecule has 0 saturated heterocycles. The lowest BCUT2D eigenvalue weighted by molar-refractivity contribution is -0.0514. The number of halogens is 2. The Balaban J connectivity index is 2.20. The minimum atomic E-state index is -2.91. The first-order valence-corrected chi connectivity index (χ1v) is 6.51. The van der Waals surface area contributed by atoms with Crippen LogP contribution in [-0.2, 0) is 0 Å². The first kappa shape index (κ1) is 14.5. The zero-order valence-corrected chi connectivity index (χ0v) is 11.1. The maximum atomic E-state index is 12.3. The third-order valence-electron chi connectivity index (χ3n) is 2.93. The lowest BCUT2D eigenvalue weighted by Crippen LogP contribution is -2.22. The quantitative estimate of drug-likeness (QED) is 0.835. The van der Waals surface area contributed by atoms with Crippen molar-refractivity contribution in [3.8, 4) is 17.6 Å². The molecule has 1 aliphatic rings. The summed E-state index contributed by atoms with van der Waals surface area (Å²) in [6.07, 6.45) is 2.12. The van der Waals surface area contributed by atoms with Crippen molar-refractivity contribution in [2.45, 2.75) is 38.5 Å². The van der Waals surface area contributed by atoms with E-state index in [0.29, 0.717) is 18.2 Å². The van der Waals surface area contributed by atoms with Crippen molar-refractivity contribution in [1.82, 2.24) is 5.32 Å². The van der Waals surface area contributed by atoms with Gasteiger partial charge in [-0.15, -0.1) is 0 Å². The second-order valence-corrected chi connectivity index (χ2v) is 4.52. The molecule has 1 aromatic rings. The number of nitriles is 1. The maximum absolute atomic E-state index is 12.3. The monoisotopic (exact) mass is 282 g/mol. The summed E-state index contributed by atoms with van der Waals surface area (Å²) in [4.78, 5) is 0. The van der Waals surface area contributed by atoms with E-state index in [9.17, 15) is 14.0 Å². The molecule has 0 heterocycles. The Hall–Kier alpha value is -1.87.